The number of rotatable bonds is 6. The Labute approximate surface area is 129 Å². The average Bonchev–Trinajstić information content (AvgIpc) is 2.86. The normalized spacial score (nSPS) is 10.6. The van der Waals surface area contributed by atoms with Gasteiger partial charge in [0.25, 0.3) is 0 Å². The third-order valence-corrected chi connectivity index (χ3v) is 3.38. The monoisotopic (exact) mass is 304 g/mol. The van der Waals surface area contributed by atoms with Crippen LogP contribution in [0.1, 0.15) is 31.7 Å². The van der Waals surface area contributed by atoms with Crippen molar-refractivity contribution >= 4 is 11.6 Å². The molecule has 6 heteroatoms. The topological polar surface area (TPSA) is 63.7 Å². The summed E-state index contributed by atoms with van der Waals surface area (Å²) in [6.45, 7) is 5.22. The van der Waals surface area contributed by atoms with E-state index in [-0.39, 0.29) is 6.61 Å². The van der Waals surface area contributed by atoms with E-state index < -0.39 is 0 Å². The van der Waals surface area contributed by atoms with Crippen LogP contribution in [0.4, 0.5) is 0 Å². The van der Waals surface area contributed by atoms with Crippen LogP contribution in [0.15, 0.2) is 24.3 Å². The standard InChI is InChI=1S/C15H17ClN4O/c1-11(2)7-8-20-14(13(9-17)18-19-20)10-21-15-6-4-3-5-12(15)16/h3-6,11H,7-8,10H2,1-2H3. The molecule has 0 spiro atoms. The van der Waals surface area contributed by atoms with Crippen molar-refractivity contribution in [3.63, 3.8) is 0 Å². The smallest absolute Gasteiger partial charge is 0.189 e. The highest BCUT2D eigenvalue weighted by molar-refractivity contribution is 6.32. The van der Waals surface area contributed by atoms with Crippen molar-refractivity contribution in [3.05, 3.63) is 40.7 Å². The van der Waals surface area contributed by atoms with E-state index in [0.29, 0.717) is 34.6 Å². The maximum Gasteiger partial charge on any atom is 0.189 e. The van der Waals surface area contributed by atoms with Crippen molar-refractivity contribution < 1.29 is 4.74 Å². The summed E-state index contributed by atoms with van der Waals surface area (Å²) in [5.41, 5.74) is 0.976. The van der Waals surface area contributed by atoms with E-state index in [1.54, 1.807) is 16.8 Å². The molecule has 1 heterocycles. The second-order valence-electron chi connectivity index (χ2n) is 5.12. The molecule has 1 aromatic heterocycles. The first-order valence-electron chi connectivity index (χ1n) is 6.81. The molecule has 2 rings (SSSR count). The van der Waals surface area contributed by atoms with E-state index in [1.165, 1.54) is 0 Å². The van der Waals surface area contributed by atoms with Gasteiger partial charge in [-0.15, -0.1) is 5.10 Å². The minimum Gasteiger partial charge on any atom is -0.486 e. The van der Waals surface area contributed by atoms with Crippen molar-refractivity contribution in [2.75, 3.05) is 0 Å². The Morgan fingerprint density at radius 2 is 2.14 bits per heavy atom. The average molecular weight is 305 g/mol. The van der Waals surface area contributed by atoms with Gasteiger partial charge >= 0.3 is 0 Å². The van der Waals surface area contributed by atoms with Gasteiger partial charge in [-0.3, -0.25) is 0 Å². The van der Waals surface area contributed by atoms with E-state index in [9.17, 15) is 0 Å². The van der Waals surface area contributed by atoms with Gasteiger partial charge in [-0.05, 0) is 24.5 Å². The lowest BCUT2D eigenvalue weighted by molar-refractivity contribution is 0.289. The van der Waals surface area contributed by atoms with E-state index in [2.05, 4.69) is 24.2 Å². The summed E-state index contributed by atoms with van der Waals surface area (Å²) in [6.07, 6.45) is 0.966. The first kappa shape index (κ1) is 15.3. The van der Waals surface area contributed by atoms with Crippen molar-refractivity contribution in [1.29, 1.82) is 5.26 Å². The molecule has 0 saturated carbocycles. The number of halogens is 1. The Kier molecular flexibility index (Phi) is 5.18. The minimum absolute atomic E-state index is 0.220. The Morgan fingerprint density at radius 1 is 1.38 bits per heavy atom. The maximum absolute atomic E-state index is 9.11. The fraction of sp³-hybridized carbons (Fsp3) is 0.400. The fourth-order valence-electron chi connectivity index (χ4n) is 1.83. The van der Waals surface area contributed by atoms with Gasteiger partial charge in [-0.25, -0.2) is 4.68 Å². The molecular formula is C15H17ClN4O. The summed E-state index contributed by atoms with van der Waals surface area (Å²) in [7, 11) is 0. The van der Waals surface area contributed by atoms with Crippen LogP contribution >= 0.6 is 11.6 Å². The molecule has 21 heavy (non-hydrogen) atoms. The lowest BCUT2D eigenvalue weighted by Gasteiger charge is -2.10. The SMILES string of the molecule is CC(C)CCn1nnc(C#N)c1COc1ccccc1Cl. The molecular weight excluding hydrogens is 288 g/mol. The lowest BCUT2D eigenvalue weighted by atomic mass is 10.1. The van der Waals surface area contributed by atoms with Gasteiger partial charge < -0.3 is 4.74 Å². The first-order valence-corrected chi connectivity index (χ1v) is 7.19. The van der Waals surface area contributed by atoms with Crippen molar-refractivity contribution in [3.8, 4) is 11.8 Å². The molecule has 110 valence electrons. The predicted molar refractivity (Wildman–Crippen MR) is 80.0 cm³/mol. The van der Waals surface area contributed by atoms with Crippen LogP contribution in [-0.2, 0) is 13.2 Å². The number of para-hydroxylation sites is 1. The Hall–Kier alpha value is -2.06. The summed E-state index contributed by atoms with van der Waals surface area (Å²) in [5, 5.41) is 17.6. The van der Waals surface area contributed by atoms with Crippen molar-refractivity contribution in [1.82, 2.24) is 15.0 Å². The number of hydrogen-bond acceptors (Lipinski definition) is 4. The number of nitrogens with zero attached hydrogens (tertiary/aromatic N) is 4. The molecule has 0 atom stereocenters. The van der Waals surface area contributed by atoms with E-state index in [4.69, 9.17) is 21.6 Å². The Morgan fingerprint density at radius 3 is 2.81 bits per heavy atom. The highest BCUT2D eigenvalue weighted by atomic mass is 35.5. The number of hydrogen-bond donors (Lipinski definition) is 0. The minimum atomic E-state index is 0.220. The maximum atomic E-state index is 9.11. The summed E-state index contributed by atoms with van der Waals surface area (Å²) in [4.78, 5) is 0. The predicted octanol–water partition coefficient (Wildman–Crippen LogP) is 3.43. The third-order valence-electron chi connectivity index (χ3n) is 3.06. The van der Waals surface area contributed by atoms with Crippen molar-refractivity contribution in [2.24, 2.45) is 5.92 Å². The molecule has 0 amide bonds. The molecule has 0 aliphatic rings. The van der Waals surface area contributed by atoms with Gasteiger partial charge in [0.15, 0.2) is 5.69 Å². The first-order chi connectivity index (χ1) is 10.1. The second-order valence-corrected chi connectivity index (χ2v) is 5.53. The van der Waals surface area contributed by atoms with Gasteiger partial charge in [0, 0.05) is 6.54 Å². The zero-order valence-electron chi connectivity index (χ0n) is 12.1. The van der Waals surface area contributed by atoms with Gasteiger partial charge in [-0.1, -0.05) is 42.8 Å². The molecule has 0 radical (unpaired) electrons. The van der Waals surface area contributed by atoms with Crippen LogP contribution in [0.5, 0.6) is 5.75 Å². The summed E-state index contributed by atoms with van der Waals surface area (Å²) < 4.78 is 7.42. The van der Waals surface area contributed by atoms with Gasteiger partial charge in [0.2, 0.25) is 0 Å². The molecule has 0 aliphatic carbocycles. The summed E-state index contributed by atoms with van der Waals surface area (Å²) >= 11 is 6.05. The van der Waals surface area contributed by atoms with Crippen LogP contribution in [0.3, 0.4) is 0 Å². The van der Waals surface area contributed by atoms with Crippen LogP contribution in [0.25, 0.3) is 0 Å². The molecule has 2 aromatic rings. The molecule has 0 aliphatic heterocycles. The molecule has 0 N–H and O–H groups in total. The second kappa shape index (κ2) is 7.09. The van der Waals surface area contributed by atoms with Crippen LogP contribution in [-0.4, -0.2) is 15.0 Å². The van der Waals surface area contributed by atoms with Gasteiger partial charge in [-0.2, -0.15) is 5.26 Å². The number of aryl methyl sites for hydroxylation is 1. The zero-order chi connectivity index (χ0) is 15.2. The Balaban J connectivity index is 2.13. The number of benzene rings is 1. The Bertz CT molecular complexity index is 645. The lowest BCUT2D eigenvalue weighted by Crippen LogP contribution is -2.10. The van der Waals surface area contributed by atoms with E-state index in [0.717, 1.165) is 6.42 Å². The largest absolute Gasteiger partial charge is 0.486 e. The number of nitriles is 1. The zero-order valence-corrected chi connectivity index (χ0v) is 12.8. The molecule has 0 saturated heterocycles. The molecule has 0 fully saturated rings. The van der Waals surface area contributed by atoms with E-state index >= 15 is 0 Å². The molecule has 5 nitrogen and oxygen atoms in total. The van der Waals surface area contributed by atoms with Crippen LogP contribution < -0.4 is 4.74 Å². The quantitative estimate of drug-likeness (QED) is 0.820. The molecule has 0 unspecified atom stereocenters. The molecule has 0 bridgehead atoms. The molecule has 1 aromatic carbocycles. The summed E-state index contributed by atoms with van der Waals surface area (Å²) in [6, 6.07) is 9.28. The highest BCUT2D eigenvalue weighted by Crippen LogP contribution is 2.24. The number of ether oxygens (including phenoxy) is 1. The third kappa shape index (κ3) is 3.96. The fourth-order valence-corrected chi connectivity index (χ4v) is 2.02. The van der Waals surface area contributed by atoms with Crippen LogP contribution in [0.2, 0.25) is 5.02 Å². The van der Waals surface area contributed by atoms with Gasteiger partial charge in [0.05, 0.1) is 5.02 Å². The summed E-state index contributed by atoms with van der Waals surface area (Å²) in [5.74, 6) is 1.14. The van der Waals surface area contributed by atoms with Gasteiger partial charge in [0.1, 0.15) is 24.1 Å². The van der Waals surface area contributed by atoms with Crippen LogP contribution in [0, 0.1) is 17.2 Å². The highest BCUT2D eigenvalue weighted by Gasteiger charge is 2.14. The van der Waals surface area contributed by atoms with E-state index in [1.807, 2.05) is 18.2 Å². The van der Waals surface area contributed by atoms with Crippen molar-refractivity contribution in [2.45, 2.75) is 33.4 Å². The number of aromatic nitrogens is 3.